The van der Waals surface area contributed by atoms with Crippen molar-refractivity contribution in [3.05, 3.63) is 29.3 Å². The molecule has 1 aromatic rings. The van der Waals surface area contributed by atoms with Crippen LogP contribution in [0.2, 0.25) is 0 Å². The molecular formula is C21H32N2O3S. The lowest BCUT2D eigenvalue weighted by molar-refractivity contribution is -0.128. The Morgan fingerprint density at radius 1 is 1.37 bits per heavy atom. The summed E-state index contributed by atoms with van der Waals surface area (Å²) in [5.74, 6) is 0.843. The van der Waals surface area contributed by atoms with Gasteiger partial charge in [-0.15, -0.1) is 0 Å². The first kappa shape index (κ1) is 21.6. The van der Waals surface area contributed by atoms with E-state index in [2.05, 4.69) is 29.7 Å². The molecule has 150 valence electrons. The number of rotatable bonds is 8. The molecule has 27 heavy (non-hydrogen) atoms. The standard InChI is InChI=1S/C21H32N2O3S/c1-15-8-9-16(2)18(13-15)26-12-6-10-21(3,4)19(24)23-20(27)22-14-17-7-5-11-25-17/h8-9,13,17H,5-7,10-12,14H2,1-4H3,(H2,22,23,24,27). The highest BCUT2D eigenvalue weighted by molar-refractivity contribution is 7.80. The number of amides is 1. The van der Waals surface area contributed by atoms with Gasteiger partial charge in [0.05, 0.1) is 12.7 Å². The minimum atomic E-state index is -0.513. The maximum atomic E-state index is 12.5. The zero-order valence-corrected chi connectivity index (χ0v) is 17.7. The van der Waals surface area contributed by atoms with Crippen LogP contribution in [0.3, 0.4) is 0 Å². The molecule has 0 spiro atoms. The molecule has 2 N–H and O–H groups in total. The van der Waals surface area contributed by atoms with Crippen LogP contribution in [0.15, 0.2) is 18.2 Å². The normalized spacial score (nSPS) is 16.8. The smallest absolute Gasteiger partial charge is 0.231 e. The molecule has 1 saturated heterocycles. The van der Waals surface area contributed by atoms with Crippen LogP contribution >= 0.6 is 12.2 Å². The van der Waals surface area contributed by atoms with E-state index < -0.39 is 5.41 Å². The summed E-state index contributed by atoms with van der Waals surface area (Å²) in [6, 6.07) is 6.18. The molecule has 1 atom stereocenters. The third-order valence-corrected chi connectivity index (χ3v) is 5.15. The topological polar surface area (TPSA) is 59.6 Å². The van der Waals surface area contributed by atoms with Gasteiger partial charge < -0.3 is 20.1 Å². The van der Waals surface area contributed by atoms with Gasteiger partial charge in [-0.3, -0.25) is 4.79 Å². The molecule has 1 aromatic carbocycles. The SMILES string of the molecule is Cc1ccc(C)c(OCCCC(C)(C)C(=O)NC(=S)NCC2CCCO2)c1. The average Bonchev–Trinajstić information content (AvgIpc) is 3.13. The van der Waals surface area contributed by atoms with Crippen LogP contribution in [-0.2, 0) is 9.53 Å². The molecule has 0 radical (unpaired) electrons. The number of carbonyl (C=O) groups excluding carboxylic acids is 1. The Morgan fingerprint density at radius 3 is 2.85 bits per heavy atom. The molecule has 1 aliphatic heterocycles. The largest absolute Gasteiger partial charge is 0.493 e. The molecule has 0 aliphatic carbocycles. The van der Waals surface area contributed by atoms with Crippen LogP contribution in [-0.4, -0.2) is 36.9 Å². The Morgan fingerprint density at radius 2 is 2.15 bits per heavy atom. The second-order valence-electron chi connectivity index (χ2n) is 7.90. The summed E-state index contributed by atoms with van der Waals surface area (Å²) in [6.45, 7) is 9.99. The molecule has 1 unspecified atom stereocenters. The number of carbonyl (C=O) groups is 1. The van der Waals surface area contributed by atoms with E-state index >= 15 is 0 Å². The first-order valence-electron chi connectivity index (χ1n) is 9.69. The monoisotopic (exact) mass is 392 g/mol. The van der Waals surface area contributed by atoms with Crippen molar-refractivity contribution >= 4 is 23.2 Å². The number of ether oxygens (including phenoxy) is 2. The quantitative estimate of drug-likeness (QED) is 0.522. The highest BCUT2D eigenvalue weighted by Gasteiger charge is 2.28. The lowest BCUT2D eigenvalue weighted by atomic mass is 9.87. The average molecular weight is 393 g/mol. The number of benzene rings is 1. The predicted molar refractivity (Wildman–Crippen MR) is 112 cm³/mol. The van der Waals surface area contributed by atoms with Crippen LogP contribution < -0.4 is 15.4 Å². The lowest BCUT2D eigenvalue weighted by Gasteiger charge is -2.24. The van der Waals surface area contributed by atoms with E-state index in [0.29, 0.717) is 18.3 Å². The molecular weight excluding hydrogens is 360 g/mol. The van der Waals surface area contributed by atoms with Crippen LogP contribution in [0, 0.1) is 19.3 Å². The molecule has 1 amide bonds. The van der Waals surface area contributed by atoms with Crippen LogP contribution in [0.1, 0.15) is 50.7 Å². The van der Waals surface area contributed by atoms with E-state index in [1.54, 1.807) is 0 Å². The molecule has 1 heterocycles. The molecule has 0 saturated carbocycles. The molecule has 0 bridgehead atoms. The Kier molecular flexibility index (Phi) is 8.05. The Bertz CT molecular complexity index is 655. The first-order valence-corrected chi connectivity index (χ1v) is 10.1. The highest BCUT2D eigenvalue weighted by Crippen LogP contribution is 2.24. The van der Waals surface area contributed by atoms with Gasteiger partial charge in [0.25, 0.3) is 0 Å². The van der Waals surface area contributed by atoms with Crippen molar-refractivity contribution in [2.45, 2.75) is 59.5 Å². The predicted octanol–water partition coefficient (Wildman–Crippen LogP) is 3.66. The van der Waals surface area contributed by atoms with Gasteiger partial charge in [-0.25, -0.2) is 0 Å². The van der Waals surface area contributed by atoms with Gasteiger partial charge in [-0.05, 0) is 68.9 Å². The minimum Gasteiger partial charge on any atom is -0.493 e. The maximum Gasteiger partial charge on any atom is 0.231 e. The van der Waals surface area contributed by atoms with Gasteiger partial charge in [0, 0.05) is 18.6 Å². The highest BCUT2D eigenvalue weighted by atomic mass is 32.1. The second-order valence-corrected chi connectivity index (χ2v) is 8.31. The van der Waals surface area contributed by atoms with E-state index in [1.165, 1.54) is 5.56 Å². The van der Waals surface area contributed by atoms with Crippen molar-refractivity contribution < 1.29 is 14.3 Å². The van der Waals surface area contributed by atoms with Gasteiger partial charge >= 0.3 is 0 Å². The van der Waals surface area contributed by atoms with E-state index in [9.17, 15) is 4.79 Å². The van der Waals surface area contributed by atoms with Gasteiger partial charge in [0.2, 0.25) is 5.91 Å². The zero-order chi connectivity index (χ0) is 19.9. The van der Waals surface area contributed by atoms with Crippen molar-refractivity contribution in [2.24, 2.45) is 5.41 Å². The van der Waals surface area contributed by atoms with Crippen LogP contribution in [0.25, 0.3) is 0 Å². The van der Waals surface area contributed by atoms with Crippen molar-refractivity contribution in [3.63, 3.8) is 0 Å². The minimum absolute atomic E-state index is 0.0703. The molecule has 5 nitrogen and oxygen atoms in total. The third kappa shape index (κ3) is 7.11. The fourth-order valence-corrected chi connectivity index (χ4v) is 3.18. The number of thiocarbonyl (C=S) groups is 1. The summed E-state index contributed by atoms with van der Waals surface area (Å²) in [5.41, 5.74) is 1.79. The van der Waals surface area contributed by atoms with E-state index in [1.807, 2.05) is 26.8 Å². The first-order chi connectivity index (χ1) is 12.8. The Hall–Kier alpha value is -1.66. The van der Waals surface area contributed by atoms with Gasteiger partial charge in [0.15, 0.2) is 5.11 Å². The van der Waals surface area contributed by atoms with Gasteiger partial charge in [-0.2, -0.15) is 0 Å². The summed E-state index contributed by atoms with van der Waals surface area (Å²) in [4.78, 5) is 12.5. The molecule has 6 heteroatoms. The van der Waals surface area contributed by atoms with Crippen LogP contribution in [0.4, 0.5) is 0 Å². The number of hydrogen-bond acceptors (Lipinski definition) is 4. The third-order valence-electron chi connectivity index (χ3n) is 4.90. The second kappa shape index (κ2) is 10.0. The van der Waals surface area contributed by atoms with Gasteiger partial charge in [-0.1, -0.05) is 26.0 Å². The molecule has 1 aliphatic rings. The van der Waals surface area contributed by atoms with E-state index in [0.717, 1.165) is 43.6 Å². The lowest BCUT2D eigenvalue weighted by Crippen LogP contribution is -2.47. The Balaban J connectivity index is 1.69. The van der Waals surface area contributed by atoms with Crippen molar-refractivity contribution in [1.29, 1.82) is 0 Å². The summed E-state index contributed by atoms with van der Waals surface area (Å²) in [6.07, 6.45) is 3.83. The van der Waals surface area contributed by atoms with Crippen molar-refractivity contribution in [1.82, 2.24) is 10.6 Å². The number of hydrogen-bond donors (Lipinski definition) is 2. The fourth-order valence-electron chi connectivity index (χ4n) is 3.00. The van der Waals surface area contributed by atoms with Crippen LogP contribution in [0.5, 0.6) is 5.75 Å². The number of nitrogens with one attached hydrogen (secondary N) is 2. The molecule has 2 rings (SSSR count). The van der Waals surface area contributed by atoms with E-state index in [4.69, 9.17) is 21.7 Å². The summed E-state index contributed by atoms with van der Waals surface area (Å²) >= 11 is 5.24. The van der Waals surface area contributed by atoms with Crippen molar-refractivity contribution in [3.8, 4) is 5.75 Å². The molecule has 0 aromatic heterocycles. The summed E-state index contributed by atoms with van der Waals surface area (Å²) in [7, 11) is 0. The summed E-state index contributed by atoms with van der Waals surface area (Å²) in [5, 5.41) is 6.25. The van der Waals surface area contributed by atoms with E-state index in [-0.39, 0.29) is 12.0 Å². The fraction of sp³-hybridized carbons (Fsp3) is 0.619. The summed E-state index contributed by atoms with van der Waals surface area (Å²) < 4.78 is 11.4. The Labute approximate surface area is 168 Å². The number of aryl methyl sites for hydroxylation is 2. The maximum absolute atomic E-state index is 12.5. The van der Waals surface area contributed by atoms with Crippen molar-refractivity contribution in [2.75, 3.05) is 19.8 Å². The van der Waals surface area contributed by atoms with Gasteiger partial charge in [0.1, 0.15) is 5.75 Å². The molecule has 1 fully saturated rings. The zero-order valence-electron chi connectivity index (χ0n) is 16.9.